The lowest BCUT2D eigenvalue weighted by atomic mass is 10.3. The molecule has 1 atom stereocenters. The molecule has 0 saturated carbocycles. The van der Waals surface area contributed by atoms with Gasteiger partial charge in [0, 0.05) is 10.7 Å². The molecule has 0 aliphatic heterocycles. The lowest BCUT2D eigenvalue weighted by molar-refractivity contribution is 0.198. The van der Waals surface area contributed by atoms with Crippen LogP contribution in [-0.2, 0) is 0 Å². The Morgan fingerprint density at radius 1 is 1.43 bits per heavy atom. The van der Waals surface area contributed by atoms with Crippen LogP contribution in [-0.4, -0.2) is 21.9 Å². The predicted molar refractivity (Wildman–Crippen MR) is 38.2 cm³/mol. The zero-order valence-corrected chi connectivity index (χ0v) is 7.07. The number of alkyl halides is 2. The average molecular weight is 232 g/mol. The Bertz CT molecular complexity index is 40.7. The van der Waals surface area contributed by atoms with E-state index in [-0.39, 0.29) is 6.10 Å². The molecule has 3 heteroatoms. The summed E-state index contributed by atoms with van der Waals surface area (Å²) in [6.45, 7) is 0. The molecule has 0 rings (SSSR count). The topological polar surface area (TPSA) is 20.2 Å². The Morgan fingerprint density at radius 2 is 2.00 bits per heavy atom. The zero-order valence-electron chi connectivity index (χ0n) is 3.90. The van der Waals surface area contributed by atoms with Crippen LogP contribution in [0.2, 0.25) is 0 Å². The molecule has 0 fully saturated rings. The van der Waals surface area contributed by atoms with E-state index in [2.05, 4.69) is 31.9 Å². The van der Waals surface area contributed by atoms with Gasteiger partial charge in [-0.3, -0.25) is 0 Å². The van der Waals surface area contributed by atoms with Crippen molar-refractivity contribution in [3.05, 3.63) is 0 Å². The maximum Gasteiger partial charge on any atom is 0.0644 e. The van der Waals surface area contributed by atoms with Crippen LogP contribution in [0.5, 0.6) is 0 Å². The first-order chi connectivity index (χ1) is 3.31. The number of hydrogen-bond acceptors (Lipinski definition) is 1. The van der Waals surface area contributed by atoms with E-state index in [1.807, 2.05) is 0 Å². The molecular weight excluding hydrogens is 224 g/mol. The maximum atomic E-state index is 8.78. The highest BCUT2D eigenvalue weighted by atomic mass is 79.9. The summed E-state index contributed by atoms with van der Waals surface area (Å²) in [6.07, 6.45) is 0.644. The van der Waals surface area contributed by atoms with E-state index < -0.39 is 0 Å². The molecular formula is C4H8Br2O. The SMILES string of the molecule is O[C@@H](CBr)CCBr. The summed E-state index contributed by atoms with van der Waals surface area (Å²) in [5.41, 5.74) is 0. The second-order valence-corrected chi connectivity index (χ2v) is 2.73. The van der Waals surface area contributed by atoms with Gasteiger partial charge in [0.05, 0.1) is 6.10 Å². The largest absolute Gasteiger partial charge is 0.392 e. The van der Waals surface area contributed by atoms with Crippen LogP contribution in [0.4, 0.5) is 0 Å². The molecule has 0 aromatic carbocycles. The summed E-state index contributed by atoms with van der Waals surface area (Å²) < 4.78 is 0. The lowest BCUT2D eigenvalue weighted by Gasteiger charge is -1.99. The monoisotopic (exact) mass is 230 g/mol. The fourth-order valence-electron chi connectivity index (χ4n) is 0.203. The van der Waals surface area contributed by atoms with E-state index in [1.54, 1.807) is 0 Å². The normalized spacial score (nSPS) is 14.1. The molecule has 7 heavy (non-hydrogen) atoms. The minimum Gasteiger partial charge on any atom is -0.392 e. The van der Waals surface area contributed by atoms with Crippen molar-refractivity contribution < 1.29 is 5.11 Å². The summed E-state index contributed by atoms with van der Waals surface area (Å²) >= 11 is 6.35. The standard InChI is InChI=1S/C4H8Br2O/c5-2-1-4(7)3-6/h4,7H,1-3H2/t4-/m1/s1. The molecule has 0 spiro atoms. The van der Waals surface area contributed by atoms with Crippen LogP contribution in [0.25, 0.3) is 0 Å². The van der Waals surface area contributed by atoms with Crippen molar-refractivity contribution in [3.8, 4) is 0 Å². The Labute approximate surface area is 60.4 Å². The Balaban J connectivity index is 2.83. The Morgan fingerprint density at radius 3 is 2.14 bits per heavy atom. The third-order valence-electron chi connectivity index (χ3n) is 0.620. The average Bonchev–Trinajstić information content (AvgIpc) is 1.68. The fourth-order valence-corrected chi connectivity index (χ4v) is 1.06. The zero-order chi connectivity index (χ0) is 5.70. The summed E-state index contributed by atoms with van der Waals surface area (Å²) in [5.74, 6) is 0. The maximum absolute atomic E-state index is 8.78. The number of hydrogen-bond donors (Lipinski definition) is 1. The van der Waals surface area contributed by atoms with Gasteiger partial charge in [-0.15, -0.1) is 0 Å². The fraction of sp³-hybridized carbons (Fsp3) is 1.00. The van der Waals surface area contributed by atoms with E-state index in [4.69, 9.17) is 5.11 Å². The van der Waals surface area contributed by atoms with Crippen LogP contribution in [0.15, 0.2) is 0 Å². The van der Waals surface area contributed by atoms with Crippen molar-refractivity contribution >= 4 is 31.9 Å². The molecule has 1 N–H and O–H groups in total. The number of aliphatic hydroxyl groups excluding tert-OH is 1. The summed E-state index contributed by atoms with van der Waals surface area (Å²) in [4.78, 5) is 0. The van der Waals surface area contributed by atoms with Gasteiger partial charge in [-0.05, 0) is 6.42 Å². The first-order valence-corrected chi connectivity index (χ1v) is 4.35. The molecule has 0 saturated heterocycles. The van der Waals surface area contributed by atoms with Crippen molar-refractivity contribution in [1.82, 2.24) is 0 Å². The molecule has 1 nitrogen and oxygen atoms in total. The lowest BCUT2D eigenvalue weighted by Crippen LogP contribution is -2.07. The van der Waals surface area contributed by atoms with E-state index in [1.165, 1.54) is 0 Å². The highest BCUT2D eigenvalue weighted by Crippen LogP contribution is 1.97. The third-order valence-corrected chi connectivity index (χ3v) is 1.83. The third kappa shape index (κ3) is 4.78. The van der Waals surface area contributed by atoms with E-state index in [0.717, 1.165) is 11.8 Å². The van der Waals surface area contributed by atoms with Crippen molar-refractivity contribution in [2.24, 2.45) is 0 Å². The van der Waals surface area contributed by atoms with Gasteiger partial charge in [-0.25, -0.2) is 0 Å². The van der Waals surface area contributed by atoms with Crippen molar-refractivity contribution in [2.45, 2.75) is 12.5 Å². The minimum absolute atomic E-state index is 0.181. The van der Waals surface area contributed by atoms with E-state index >= 15 is 0 Å². The minimum atomic E-state index is -0.181. The van der Waals surface area contributed by atoms with Crippen LogP contribution >= 0.6 is 31.9 Å². The first-order valence-electron chi connectivity index (χ1n) is 2.11. The van der Waals surface area contributed by atoms with Crippen molar-refractivity contribution in [2.75, 3.05) is 10.7 Å². The molecule has 0 bridgehead atoms. The molecule has 0 aromatic heterocycles. The van der Waals surface area contributed by atoms with Crippen molar-refractivity contribution in [3.63, 3.8) is 0 Å². The van der Waals surface area contributed by atoms with E-state index in [9.17, 15) is 0 Å². The highest BCUT2D eigenvalue weighted by Gasteiger charge is 1.96. The van der Waals surface area contributed by atoms with Gasteiger partial charge in [0.2, 0.25) is 0 Å². The number of aliphatic hydroxyl groups is 1. The van der Waals surface area contributed by atoms with E-state index in [0.29, 0.717) is 5.33 Å². The van der Waals surface area contributed by atoms with Gasteiger partial charge in [0.15, 0.2) is 0 Å². The summed E-state index contributed by atoms with van der Waals surface area (Å²) in [5, 5.41) is 10.3. The number of rotatable bonds is 3. The Kier molecular flexibility index (Phi) is 5.73. The quantitative estimate of drug-likeness (QED) is 0.731. The smallest absolute Gasteiger partial charge is 0.0644 e. The molecule has 0 radical (unpaired) electrons. The number of halogens is 2. The van der Waals surface area contributed by atoms with Crippen LogP contribution < -0.4 is 0 Å². The molecule has 0 heterocycles. The molecule has 0 aromatic rings. The molecule has 0 aliphatic carbocycles. The molecule has 44 valence electrons. The predicted octanol–water partition coefficient (Wildman–Crippen LogP) is 1.53. The van der Waals surface area contributed by atoms with Gasteiger partial charge in [0.25, 0.3) is 0 Å². The van der Waals surface area contributed by atoms with Crippen LogP contribution in [0, 0.1) is 0 Å². The van der Waals surface area contributed by atoms with Crippen molar-refractivity contribution in [1.29, 1.82) is 0 Å². The Hall–Kier alpha value is 0.920. The second-order valence-electron chi connectivity index (χ2n) is 1.29. The van der Waals surface area contributed by atoms with Gasteiger partial charge >= 0.3 is 0 Å². The highest BCUT2D eigenvalue weighted by molar-refractivity contribution is 9.09. The first kappa shape index (κ1) is 7.92. The van der Waals surface area contributed by atoms with Gasteiger partial charge < -0.3 is 5.11 Å². The summed E-state index contributed by atoms with van der Waals surface area (Å²) in [6, 6.07) is 0. The molecule has 0 amide bonds. The second kappa shape index (κ2) is 5.06. The molecule has 0 unspecified atom stereocenters. The molecule has 0 aliphatic rings. The van der Waals surface area contributed by atoms with Crippen LogP contribution in [0.1, 0.15) is 6.42 Å². The van der Waals surface area contributed by atoms with Gasteiger partial charge in [-0.2, -0.15) is 0 Å². The van der Waals surface area contributed by atoms with Crippen LogP contribution in [0.3, 0.4) is 0 Å². The van der Waals surface area contributed by atoms with Gasteiger partial charge in [0.1, 0.15) is 0 Å². The van der Waals surface area contributed by atoms with Gasteiger partial charge in [-0.1, -0.05) is 31.9 Å². The summed E-state index contributed by atoms with van der Waals surface area (Å²) in [7, 11) is 0.